The summed E-state index contributed by atoms with van der Waals surface area (Å²) in [5.74, 6) is -1.53. The van der Waals surface area contributed by atoms with Crippen LogP contribution in [0.3, 0.4) is 0 Å². The first-order valence-electron chi connectivity index (χ1n) is 10.9. The van der Waals surface area contributed by atoms with Crippen LogP contribution in [-0.2, 0) is 14.3 Å². The van der Waals surface area contributed by atoms with Gasteiger partial charge in [-0.3, -0.25) is 9.59 Å². The summed E-state index contributed by atoms with van der Waals surface area (Å²) < 4.78 is 5.65. The van der Waals surface area contributed by atoms with Gasteiger partial charge in [-0.2, -0.15) is 0 Å². The van der Waals surface area contributed by atoms with Gasteiger partial charge in [-0.1, -0.05) is 17.7 Å². The molecule has 0 radical (unpaired) electrons. The van der Waals surface area contributed by atoms with Crippen LogP contribution in [0.25, 0.3) is 10.9 Å². The number of carbonyl (C=O) groups excluding carboxylic acids is 3. The summed E-state index contributed by atoms with van der Waals surface area (Å²) in [6.45, 7) is 5.26. The highest BCUT2D eigenvalue weighted by Gasteiger charge is 2.52. The van der Waals surface area contributed by atoms with E-state index in [1.807, 2.05) is 0 Å². The number of hydrogen-bond acceptors (Lipinski definition) is 6. The van der Waals surface area contributed by atoms with Crippen molar-refractivity contribution in [2.75, 3.05) is 14.1 Å². The number of nitrogens with one attached hydrogen (secondary N) is 1. The zero-order chi connectivity index (χ0) is 24.6. The lowest BCUT2D eigenvalue weighted by atomic mass is 9.72. The fourth-order valence-electron chi connectivity index (χ4n) is 4.12. The Morgan fingerprint density at radius 1 is 1.21 bits per heavy atom. The lowest BCUT2D eigenvalue weighted by Crippen LogP contribution is -2.68. The summed E-state index contributed by atoms with van der Waals surface area (Å²) in [5, 5.41) is 4.20. The predicted octanol–water partition coefficient (Wildman–Crippen LogP) is 2.91. The Bertz CT molecular complexity index is 1080. The van der Waals surface area contributed by atoms with Gasteiger partial charge in [0.1, 0.15) is 11.3 Å². The van der Waals surface area contributed by atoms with E-state index in [1.54, 1.807) is 65.2 Å². The number of pyridine rings is 1. The van der Waals surface area contributed by atoms with E-state index in [0.29, 0.717) is 17.0 Å². The summed E-state index contributed by atoms with van der Waals surface area (Å²) in [6, 6.07) is 7.69. The molecule has 1 aromatic heterocycles. The van der Waals surface area contributed by atoms with E-state index < -0.39 is 29.1 Å². The first kappa shape index (κ1) is 24.9. The van der Waals surface area contributed by atoms with Gasteiger partial charge in [-0.05, 0) is 64.3 Å². The first-order chi connectivity index (χ1) is 15.3. The fraction of sp³-hybridized carbons (Fsp3) is 0.500. The van der Waals surface area contributed by atoms with Crippen LogP contribution in [0.5, 0.6) is 0 Å². The second-order valence-electron chi connectivity index (χ2n) is 9.77. The van der Waals surface area contributed by atoms with Crippen LogP contribution >= 0.6 is 11.6 Å². The van der Waals surface area contributed by atoms with E-state index >= 15 is 0 Å². The van der Waals surface area contributed by atoms with Crippen LogP contribution in [0.4, 0.5) is 0 Å². The number of ether oxygens (including phenoxy) is 1. The van der Waals surface area contributed by atoms with Crippen molar-refractivity contribution >= 4 is 40.3 Å². The molecule has 0 bridgehead atoms. The highest BCUT2D eigenvalue weighted by atomic mass is 35.5. The number of halogens is 1. The Hall–Kier alpha value is -2.71. The Morgan fingerprint density at radius 2 is 1.91 bits per heavy atom. The van der Waals surface area contributed by atoms with Gasteiger partial charge in [0, 0.05) is 36.5 Å². The number of fused-ring (bicyclic) bond motifs is 1. The lowest BCUT2D eigenvalue weighted by Gasteiger charge is -2.44. The Morgan fingerprint density at radius 3 is 2.52 bits per heavy atom. The third-order valence-electron chi connectivity index (χ3n) is 5.83. The molecule has 9 heteroatoms. The van der Waals surface area contributed by atoms with Crippen molar-refractivity contribution in [1.29, 1.82) is 0 Å². The molecule has 1 saturated carbocycles. The summed E-state index contributed by atoms with van der Waals surface area (Å²) in [4.78, 5) is 45.0. The third-order valence-corrected chi connectivity index (χ3v) is 6.07. The molecule has 3 unspecified atom stereocenters. The van der Waals surface area contributed by atoms with Crippen molar-refractivity contribution in [2.24, 2.45) is 11.7 Å². The van der Waals surface area contributed by atoms with Crippen molar-refractivity contribution in [2.45, 2.75) is 57.2 Å². The molecule has 3 atom stereocenters. The molecule has 3 rings (SSSR count). The lowest BCUT2D eigenvalue weighted by molar-refractivity contribution is -0.166. The first-order valence-corrected chi connectivity index (χ1v) is 11.3. The molecule has 2 aromatic rings. The van der Waals surface area contributed by atoms with Gasteiger partial charge in [0.15, 0.2) is 5.54 Å². The molecule has 0 spiro atoms. The maximum Gasteiger partial charge on any atom is 0.334 e. The van der Waals surface area contributed by atoms with Crippen LogP contribution in [0.15, 0.2) is 30.3 Å². The number of nitrogens with two attached hydrogens (primary N) is 1. The molecule has 1 aliphatic carbocycles. The van der Waals surface area contributed by atoms with Crippen molar-refractivity contribution in [3.8, 4) is 0 Å². The molecule has 3 N–H and O–H groups in total. The molecular formula is C24H31ClN4O4. The quantitative estimate of drug-likeness (QED) is 0.658. The Balaban J connectivity index is 1.92. The van der Waals surface area contributed by atoms with E-state index in [-0.39, 0.29) is 30.4 Å². The standard InChI is InChI=1S/C24H31ClN4O4/c1-23(2,3)33-22(32)24(11-10-15(13-19(24)26)21(31)29(4)5)28-20(30)18-8-6-14-12-16(25)7-9-17(14)27-18/h6-9,12,15,19H,10-11,13,26H2,1-5H3,(H,28,30). The largest absolute Gasteiger partial charge is 0.458 e. The van der Waals surface area contributed by atoms with Crippen LogP contribution in [-0.4, -0.2) is 58.9 Å². The SMILES string of the molecule is CN(C)C(=O)C1CCC(NC(=O)c2ccc3cc(Cl)ccc3n2)(C(=O)OC(C)(C)C)C(N)C1. The third kappa shape index (κ3) is 5.45. The highest BCUT2D eigenvalue weighted by molar-refractivity contribution is 6.31. The number of amides is 2. The second-order valence-corrected chi connectivity index (χ2v) is 10.2. The van der Waals surface area contributed by atoms with Gasteiger partial charge in [0.25, 0.3) is 5.91 Å². The second kappa shape index (κ2) is 9.27. The van der Waals surface area contributed by atoms with Crippen molar-refractivity contribution < 1.29 is 19.1 Å². The number of esters is 1. The zero-order valence-electron chi connectivity index (χ0n) is 19.6. The van der Waals surface area contributed by atoms with Gasteiger partial charge < -0.3 is 20.7 Å². The van der Waals surface area contributed by atoms with Crippen LogP contribution in [0, 0.1) is 5.92 Å². The van der Waals surface area contributed by atoms with Gasteiger partial charge >= 0.3 is 5.97 Å². The molecule has 33 heavy (non-hydrogen) atoms. The number of carbonyl (C=O) groups is 3. The van der Waals surface area contributed by atoms with Gasteiger partial charge in [0.2, 0.25) is 5.91 Å². The molecule has 1 aliphatic rings. The minimum atomic E-state index is -1.47. The molecular weight excluding hydrogens is 444 g/mol. The number of benzene rings is 1. The maximum absolute atomic E-state index is 13.3. The van der Waals surface area contributed by atoms with E-state index in [0.717, 1.165) is 5.39 Å². The minimum Gasteiger partial charge on any atom is -0.458 e. The molecule has 2 amide bonds. The van der Waals surface area contributed by atoms with E-state index in [4.69, 9.17) is 22.1 Å². The van der Waals surface area contributed by atoms with Crippen molar-refractivity contribution in [3.05, 3.63) is 41.0 Å². The van der Waals surface area contributed by atoms with Gasteiger partial charge in [-0.15, -0.1) is 0 Å². The van der Waals surface area contributed by atoms with Crippen molar-refractivity contribution in [1.82, 2.24) is 15.2 Å². The number of hydrogen-bond donors (Lipinski definition) is 2. The van der Waals surface area contributed by atoms with Crippen LogP contribution in [0.1, 0.15) is 50.5 Å². The Labute approximate surface area is 198 Å². The minimum absolute atomic E-state index is 0.0515. The molecule has 178 valence electrons. The van der Waals surface area contributed by atoms with Gasteiger partial charge in [0.05, 0.1) is 5.52 Å². The summed E-state index contributed by atoms with van der Waals surface area (Å²) >= 11 is 6.03. The monoisotopic (exact) mass is 474 g/mol. The fourth-order valence-corrected chi connectivity index (χ4v) is 4.30. The topological polar surface area (TPSA) is 115 Å². The van der Waals surface area contributed by atoms with Gasteiger partial charge in [-0.25, -0.2) is 9.78 Å². The number of rotatable bonds is 4. The number of aromatic nitrogens is 1. The Kier molecular flexibility index (Phi) is 7.00. The molecule has 1 fully saturated rings. The molecule has 0 saturated heterocycles. The smallest absolute Gasteiger partial charge is 0.334 e. The molecule has 8 nitrogen and oxygen atoms in total. The maximum atomic E-state index is 13.3. The average molecular weight is 475 g/mol. The average Bonchev–Trinajstić information content (AvgIpc) is 2.72. The normalized spacial score (nSPS) is 23.1. The van der Waals surface area contributed by atoms with Crippen LogP contribution in [0.2, 0.25) is 5.02 Å². The molecule has 1 heterocycles. The number of nitrogens with zero attached hydrogens (tertiary/aromatic N) is 2. The predicted molar refractivity (Wildman–Crippen MR) is 127 cm³/mol. The van der Waals surface area contributed by atoms with E-state index in [1.165, 1.54) is 4.90 Å². The van der Waals surface area contributed by atoms with E-state index in [2.05, 4.69) is 10.3 Å². The van der Waals surface area contributed by atoms with E-state index in [9.17, 15) is 14.4 Å². The zero-order valence-corrected chi connectivity index (χ0v) is 20.4. The highest BCUT2D eigenvalue weighted by Crippen LogP contribution is 2.35. The van der Waals surface area contributed by atoms with Crippen molar-refractivity contribution in [3.63, 3.8) is 0 Å². The summed E-state index contributed by atoms with van der Waals surface area (Å²) in [5.41, 5.74) is 4.98. The summed E-state index contributed by atoms with van der Waals surface area (Å²) in [7, 11) is 3.37. The van der Waals surface area contributed by atoms with Crippen LogP contribution < -0.4 is 11.1 Å². The molecule has 1 aromatic carbocycles. The summed E-state index contributed by atoms with van der Waals surface area (Å²) in [6.07, 6.45) is 0.830. The molecule has 0 aliphatic heterocycles.